The number of halogens is 1. The molecule has 0 radical (unpaired) electrons. The number of aromatic nitrogens is 4. The van der Waals surface area contributed by atoms with Gasteiger partial charge in [0.2, 0.25) is 0 Å². The normalized spacial score (nSPS) is 12.6. The Kier molecular flexibility index (Phi) is 24.1. The molecule has 3 aromatic carbocycles. The summed E-state index contributed by atoms with van der Waals surface area (Å²) in [7, 11) is 1.58. The number of hydrogen-bond acceptors (Lipinski definition) is 19. The van der Waals surface area contributed by atoms with Gasteiger partial charge in [0.1, 0.15) is 23.8 Å². The molecular formula is C48H62BrN9O16. The maximum Gasteiger partial charge on any atom is 0.299 e. The molecule has 1 fully saturated rings. The average molecular weight is 1100 g/mol. The summed E-state index contributed by atoms with van der Waals surface area (Å²) in [5.74, 6) is 0.940. The monoisotopic (exact) mass is 1100 g/mol. The number of aromatic amines is 1. The van der Waals surface area contributed by atoms with Gasteiger partial charge in [-0.05, 0) is 52.3 Å². The number of nitro benzene ring substituents is 2. The second kappa shape index (κ2) is 31.4. The number of nitrogens with one attached hydrogen (secondary N) is 2. The van der Waals surface area contributed by atoms with Gasteiger partial charge in [-0.25, -0.2) is 4.68 Å². The number of nitro groups is 2. The molecule has 1 aliphatic heterocycles. The topological polar surface area (TPSA) is 278 Å². The van der Waals surface area contributed by atoms with Crippen molar-refractivity contribution in [3.63, 3.8) is 0 Å². The molecule has 0 unspecified atom stereocenters. The Hall–Kier alpha value is -6.36. The zero-order chi connectivity index (χ0) is 52.3. The molecule has 0 atom stereocenters. The predicted octanol–water partition coefficient (Wildman–Crippen LogP) is 4.77. The largest absolute Gasteiger partial charge is 0.496 e. The Morgan fingerprint density at radius 3 is 1.82 bits per heavy atom. The Bertz CT molecular complexity index is 2510. The maximum atomic E-state index is 13.5. The maximum absolute atomic E-state index is 13.5. The molecule has 6 rings (SSSR count). The molecule has 74 heavy (non-hydrogen) atoms. The van der Waals surface area contributed by atoms with E-state index in [0.29, 0.717) is 154 Å². The zero-order valence-electron chi connectivity index (χ0n) is 41.2. The van der Waals surface area contributed by atoms with Gasteiger partial charge in [0.15, 0.2) is 5.69 Å². The Morgan fingerprint density at radius 1 is 0.689 bits per heavy atom. The first-order valence-corrected chi connectivity index (χ1v) is 24.8. The number of piperazine rings is 1. The van der Waals surface area contributed by atoms with E-state index in [1.807, 2.05) is 12.1 Å². The van der Waals surface area contributed by atoms with Crippen LogP contribution in [0.2, 0.25) is 0 Å². The highest BCUT2D eigenvalue weighted by Crippen LogP contribution is 2.35. The van der Waals surface area contributed by atoms with Gasteiger partial charge >= 0.3 is 0 Å². The van der Waals surface area contributed by atoms with Crippen LogP contribution in [0.5, 0.6) is 11.5 Å². The van der Waals surface area contributed by atoms with E-state index in [-0.39, 0.29) is 55.2 Å². The Labute approximate surface area is 434 Å². The number of carbonyl (C=O) groups is 2. The van der Waals surface area contributed by atoms with E-state index in [1.54, 1.807) is 58.3 Å². The predicted molar refractivity (Wildman–Crippen MR) is 270 cm³/mol. The molecule has 0 saturated carbocycles. The molecule has 2 N–H and O–H groups in total. The highest BCUT2D eigenvalue weighted by Gasteiger charge is 2.29. The van der Waals surface area contributed by atoms with E-state index < -0.39 is 9.85 Å². The zero-order valence-corrected chi connectivity index (χ0v) is 42.7. The average Bonchev–Trinajstić information content (AvgIpc) is 4.08. The van der Waals surface area contributed by atoms with Gasteiger partial charge in [0.05, 0.1) is 152 Å². The first-order valence-electron chi connectivity index (χ1n) is 24.0. The molecule has 402 valence electrons. The summed E-state index contributed by atoms with van der Waals surface area (Å²) in [6.07, 6.45) is 3.48. The quantitative estimate of drug-likeness (QED) is 0.0310. The van der Waals surface area contributed by atoms with Crippen molar-refractivity contribution in [2.45, 2.75) is 13.2 Å². The molecule has 5 aromatic rings. The summed E-state index contributed by atoms with van der Waals surface area (Å²) in [5.41, 5.74) is 1.58. The fourth-order valence-corrected chi connectivity index (χ4v) is 7.90. The van der Waals surface area contributed by atoms with E-state index >= 15 is 0 Å². The van der Waals surface area contributed by atoms with Crippen molar-refractivity contribution in [1.82, 2.24) is 29.8 Å². The summed E-state index contributed by atoms with van der Waals surface area (Å²) >= 11 is 3.53. The van der Waals surface area contributed by atoms with Crippen molar-refractivity contribution in [1.29, 1.82) is 0 Å². The summed E-state index contributed by atoms with van der Waals surface area (Å²) in [5, 5.41) is 34.1. The number of hydrogen-bond donors (Lipinski definition) is 2. The minimum atomic E-state index is -0.677. The fraction of sp³-hybridized carbons (Fsp3) is 0.500. The molecule has 0 bridgehead atoms. The van der Waals surface area contributed by atoms with Crippen molar-refractivity contribution >= 4 is 55.7 Å². The number of ether oxygens (including phenoxy) is 10. The van der Waals surface area contributed by atoms with Crippen LogP contribution in [0.25, 0.3) is 10.9 Å². The molecule has 0 aliphatic carbocycles. The number of nitrogens with zero attached hydrogens (tertiary/aromatic N) is 7. The minimum absolute atomic E-state index is 0.117. The Balaban J connectivity index is 0.680. The fourth-order valence-electron chi connectivity index (χ4n) is 7.46. The van der Waals surface area contributed by atoms with Crippen LogP contribution in [0.3, 0.4) is 0 Å². The number of para-hydroxylation sites is 1. The van der Waals surface area contributed by atoms with Crippen molar-refractivity contribution in [3.05, 3.63) is 109 Å². The lowest BCUT2D eigenvalue weighted by Crippen LogP contribution is -2.50. The first kappa shape index (κ1) is 56.9. The number of anilines is 1. The van der Waals surface area contributed by atoms with Gasteiger partial charge < -0.3 is 67.5 Å². The van der Waals surface area contributed by atoms with Crippen molar-refractivity contribution < 1.29 is 66.8 Å². The van der Waals surface area contributed by atoms with Gasteiger partial charge in [-0.15, -0.1) is 5.10 Å². The van der Waals surface area contributed by atoms with Crippen molar-refractivity contribution in [2.75, 3.05) is 151 Å². The van der Waals surface area contributed by atoms with Crippen LogP contribution in [0.4, 0.5) is 17.1 Å². The van der Waals surface area contributed by atoms with E-state index in [2.05, 4.69) is 36.5 Å². The van der Waals surface area contributed by atoms with Crippen LogP contribution in [0.15, 0.2) is 71.5 Å². The van der Waals surface area contributed by atoms with E-state index in [0.717, 1.165) is 15.4 Å². The second-order valence-corrected chi connectivity index (χ2v) is 16.9. The molecule has 1 aliphatic rings. The lowest BCUT2D eigenvalue weighted by atomic mass is 10.1. The number of rotatable bonds is 36. The lowest BCUT2D eigenvalue weighted by Gasteiger charge is -2.34. The van der Waals surface area contributed by atoms with Gasteiger partial charge in [-0.1, -0.05) is 11.3 Å². The molecule has 2 aromatic heterocycles. The van der Waals surface area contributed by atoms with E-state index in [4.69, 9.17) is 47.4 Å². The second-order valence-electron chi connectivity index (χ2n) is 16.1. The van der Waals surface area contributed by atoms with Gasteiger partial charge in [-0.3, -0.25) is 29.8 Å². The third-order valence-corrected chi connectivity index (χ3v) is 11.8. The lowest BCUT2D eigenvalue weighted by molar-refractivity contribution is -0.392. The van der Waals surface area contributed by atoms with Crippen LogP contribution >= 0.6 is 15.9 Å². The van der Waals surface area contributed by atoms with Crippen LogP contribution in [0.1, 0.15) is 26.4 Å². The van der Waals surface area contributed by atoms with Crippen LogP contribution in [0, 0.1) is 20.2 Å². The number of fused-ring (bicyclic) bond motifs is 1. The van der Waals surface area contributed by atoms with Crippen LogP contribution in [-0.2, 0) is 51.0 Å². The minimum Gasteiger partial charge on any atom is -0.496 e. The van der Waals surface area contributed by atoms with Crippen LogP contribution < -0.4 is 14.8 Å². The Morgan fingerprint density at radius 2 is 1.23 bits per heavy atom. The molecule has 1 saturated heterocycles. The van der Waals surface area contributed by atoms with Crippen molar-refractivity contribution in [2.24, 2.45) is 0 Å². The molecule has 2 amide bonds. The summed E-state index contributed by atoms with van der Waals surface area (Å²) in [6, 6.07) is 14.4. The number of H-pyrrole nitrogens is 1. The molecular weight excluding hydrogens is 1040 g/mol. The number of benzene rings is 3. The van der Waals surface area contributed by atoms with Gasteiger partial charge in [0, 0.05) is 61.1 Å². The smallest absolute Gasteiger partial charge is 0.299 e. The third-order valence-electron chi connectivity index (χ3n) is 11.1. The number of amides is 2. The van der Waals surface area contributed by atoms with Gasteiger partial charge in [0.25, 0.3) is 23.2 Å². The molecule has 25 nitrogen and oxygen atoms in total. The van der Waals surface area contributed by atoms with E-state index in [1.165, 1.54) is 18.2 Å². The van der Waals surface area contributed by atoms with Crippen molar-refractivity contribution in [3.8, 4) is 11.5 Å². The molecule has 3 heterocycles. The molecule has 26 heteroatoms. The summed E-state index contributed by atoms with van der Waals surface area (Å²) < 4.78 is 58.3. The highest BCUT2D eigenvalue weighted by atomic mass is 79.9. The SMILES string of the molecule is COc1ccc(Br)c2[nH]cc(C(=O)N3CCN(C(=O)c4cccc(OCCOCCOCCOCCOCCOCCn5cc(COCCOCCOCCNc6c([N+](=O)[O-])cccc6[N+](=O)[O-])nn5)c4)CC3)c12. The van der Waals surface area contributed by atoms with Gasteiger partial charge in [-0.2, -0.15) is 0 Å². The first-order chi connectivity index (χ1) is 36.1. The third kappa shape index (κ3) is 17.9. The standard InChI is InChI=1S/C48H62BrN9O16/c1-65-43-9-8-40(49)45-44(43)39(33-51-45)48(60)55-13-11-54(12-14-55)47(59)36-4-2-5-38(32-36)74-31-30-72-27-26-70-25-24-69-23-22-68-21-19-67-17-15-56-34-37(52-53-56)35-73-29-28-71-20-18-66-16-10-50-46-41(57(61)62)6-3-7-42(46)58(63)64/h2-9,32-34,50-51H,10-31,35H2,1H3. The summed E-state index contributed by atoms with van der Waals surface area (Å²) in [4.78, 5) is 54.7. The number of carbonyl (C=O) groups excluding carboxylic acids is 2. The molecule has 0 spiro atoms. The van der Waals surface area contributed by atoms with Crippen LogP contribution in [-0.4, -0.2) is 197 Å². The summed E-state index contributed by atoms with van der Waals surface area (Å²) in [6.45, 7) is 8.36. The highest BCUT2D eigenvalue weighted by molar-refractivity contribution is 9.10. The van der Waals surface area contributed by atoms with E-state index in [9.17, 15) is 29.8 Å². The number of methoxy groups -OCH3 is 1.